The molecule has 0 bridgehead atoms. The van der Waals surface area contributed by atoms with Gasteiger partial charge in [-0.1, -0.05) is 26.0 Å². The Morgan fingerprint density at radius 3 is 2.56 bits per heavy atom. The molecule has 2 rings (SSSR count). The van der Waals surface area contributed by atoms with Crippen LogP contribution in [0.3, 0.4) is 0 Å². The van der Waals surface area contributed by atoms with Crippen LogP contribution < -0.4 is 4.74 Å². The minimum atomic E-state index is 0.471. The summed E-state index contributed by atoms with van der Waals surface area (Å²) >= 11 is 0. The minimum absolute atomic E-state index is 0.471. The molecule has 1 unspecified atom stereocenters. The van der Waals surface area contributed by atoms with Gasteiger partial charge in [0.1, 0.15) is 6.20 Å². The SMILES string of the molecule is CCOc1cnc(-c2ccc(C(C)CC)cc2)o1. The monoisotopic (exact) mass is 245 g/mol. The van der Waals surface area contributed by atoms with Crippen molar-refractivity contribution >= 4 is 0 Å². The summed E-state index contributed by atoms with van der Waals surface area (Å²) in [5, 5.41) is 0. The average Bonchev–Trinajstić information content (AvgIpc) is 2.87. The first-order valence-corrected chi connectivity index (χ1v) is 6.43. The number of oxazole rings is 1. The molecule has 0 N–H and O–H groups in total. The fourth-order valence-corrected chi connectivity index (χ4v) is 1.79. The van der Waals surface area contributed by atoms with Crippen LogP contribution >= 0.6 is 0 Å². The Balaban J connectivity index is 2.17. The van der Waals surface area contributed by atoms with Gasteiger partial charge >= 0.3 is 5.95 Å². The van der Waals surface area contributed by atoms with Crippen molar-refractivity contribution in [2.75, 3.05) is 6.61 Å². The number of hydrogen-bond acceptors (Lipinski definition) is 3. The topological polar surface area (TPSA) is 35.3 Å². The number of rotatable bonds is 5. The Kier molecular flexibility index (Phi) is 4.03. The first-order valence-electron chi connectivity index (χ1n) is 6.43. The minimum Gasteiger partial charge on any atom is -0.464 e. The van der Waals surface area contributed by atoms with E-state index in [-0.39, 0.29) is 0 Å². The van der Waals surface area contributed by atoms with Crippen LogP contribution in [0, 0.1) is 0 Å². The molecule has 2 aromatic rings. The molecule has 1 aromatic carbocycles. The highest BCUT2D eigenvalue weighted by molar-refractivity contribution is 5.54. The van der Waals surface area contributed by atoms with Crippen molar-refractivity contribution in [3.8, 4) is 17.4 Å². The van der Waals surface area contributed by atoms with Gasteiger partial charge in [0.05, 0.1) is 6.61 Å². The zero-order chi connectivity index (χ0) is 13.0. The van der Waals surface area contributed by atoms with Crippen molar-refractivity contribution in [2.45, 2.75) is 33.1 Å². The van der Waals surface area contributed by atoms with Crippen LogP contribution in [0.2, 0.25) is 0 Å². The van der Waals surface area contributed by atoms with Gasteiger partial charge < -0.3 is 9.15 Å². The number of benzene rings is 1. The molecule has 0 saturated carbocycles. The van der Waals surface area contributed by atoms with E-state index in [1.807, 2.05) is 19.1 Å². The summed E-state index contributed by atoms with van der Waals surface area (Å²) in [6.45, 7) is 6.93. The maximum atomic E-state index is 5.50. The van der Waals surface area contributed by atoms with Crippen LogP contribution in [0.15, 0.2) is 34.9 Å². The van der Waals surface area contributed by atoms with Crippen LogP contribution in [0.1, 0.15) is 38.7 Å². The number of nitrogens with zero attached hydrogens (tertiary/aromatic N) is 1. The second kappa shape index (κ2) is 5.71. The van der Waals surface area contributed by atoms with Crippen molar-refractivity contribution in [3.05, 3.63) is 36.0 Å². The van der Waals surface area contributed by atoms with Gasteiger partial charge in [-0.2, -0.15) is 0 Å². The molecule has 1 heterocycles. The molecular weight excluding hydrogens is 226 g/mol. The molecule has 0 aliphatic heterocycles. The Labute approximate surface area is 108 Å². The third kappa shape index (κ3) is 2.73. The molecular formula is C15H19NO2. The Bertz CT molecular complexity index is 487. The highest BCUT2D eigenvalue weighted by atomic mass is 16.6. The van der Waals surface area contributed by atoms with Crippen LogP contribution in [0.5, 0.6) is 5.95 Å². The van der Waals surface area contributed by atoms with Gasteiger partial charge in [-0.15, -0.1) is 0 Å². The van der Waals surface area contributed by atoms with Gasteiger partial charge in [0.25, 0.3) is 0 Å². The van der Waals surface area contributed by atoms with Gasteiger partial charge in [0, 0.05) is 5.56 Å². The van der Waals surface area contributed by atoms with E-state index in [9.17, 15) is 0 Å². The molecule has 3 heteroatoms. The summed E-state index contributed by atoms with van der Waals surface area (Å²) in [7, 11) is 0. The molecule has 0 radical (unpaired) electrons. The van der Waals surface area contributed by atoms with E-state index in [1.54, 1.807) is 6.20 Å². The lowest BCUT2D eigenvalue weighted by Crippen LogP contribution is -1.90. The second-order valence-electron chi connectivity index (χ2n) is 4.35. The fraction of sp³-hybridized carbons (Fsp3) is 0.400. The molecule has 0 aliphatic rings. The molecule has 1 atom stereocenters. The Hall–Kier alpha value is -1.77. The smallest absolute Gasteiger partial charge is 0.305 e. The van der Waals surface area contributed by atoms with Crippen molar-refractivity contribution in [2.24, 2.45) is 0 Å². The van der Waals surface area contributed by atoms with Crippen molar-refractivity contribution in [1.29, 1.82) is 0 Å². The van der Waals surface area contributed by atoms with E-state index < -0.39 is 0 Å². The largest absolute Gasteiger partial charge is 0.464 e. The molecule has 0 fully saturated rings. The van der Waals surface area contributed by atoms with Gasteiger partial charge in [-0.3, -0.25) is 0 Å². The lowest BCUT2D eigenvalue weighted by atomic mass is 9.98. The molecule has 0 amide bonds. The molecule has 3 nitrogen and oxygen atoms in total. The Morgan fingerprint density at radius 1 is 1.22 bits per heavy atom. The summed E-state index contributed by atoms with van der Waals surface area (Å²) < 4.78 is 10.8. The summed E-state index contributed by atoms with van der Waals surface area (Å²) in [6.07, 6.45) is 2.76. The van der Waals surface area contributed by atoms with E-state index >= 15 is 0 Å². The van der Waals surface area contributed by atoms with E-state index in [4.69, 9.17) is 9.15 Å². The Morgan fingerprint density at radius 2 is 1.94 bits per heavy atom. The highest BCUT2D eigenvalue weighted by Gasteiger charge is 2.08. The van der Waals surface area contributed by atoms with E-state index in [2.05, 4.69) is 31.0 Å². The maximum absolute atomic E-state index is 5.50. The second-order valence-corrected chi connectivity index (χ2v) is 4.35. The fourth-order valence-electron chi connectivity index (χ4n) is 1.79. The van der Waals surface area contributed by atoms with Gasteiger partial charge in [0.2, 0.25) is 5.89 Å². The maximum Gasteiger partial charge on any atom is 0.305 e. The first kappa shape index (κ1) is 12.7. The van der Waals surface area contributed by atoms with Gasteiger partial charge in [0.15, 0.2) is 0 Å². The van der Waals surface area contributed by atoms with Crippen molar-refractivity contribution in [1.82, 2.24) is 4.98 Å². The quantitative estimate of drug-likeness (QED) is 0.789. The van der Waals surface area contributed by atoms with Crippen LogP contribution in [-0.4, -0.2) is 11.6 Å². The highest BCUT2D eigenvalue weighted by Crippen LogP contribution is 2.25. The summed E-state index contributed by atoms with van der Waals surface area (Å²) in [5.74, 6) is 1.66. The lowest BCUT2D eigenvalue weighted by Gasteiger charge is -2.08. The molecule has 0 saturated heterocycles. The summed E-state index contributed by atoms with van der Waals surface area (Å²) in [4.78, 5) is 4.21. The lowest BCUT2D eigenvalue weighted by molar-refractivity contribution is 0.260. The molecule has 0 spiro atoms. The average molecular weight is 245 g/mol. The number of aromatic nitrogens is 1. The van der Waals surface area contributed by atoms with Crippen molar-refractivity contribution in [3.63, 3.8) is 0 Å². The summed E-state index contributed by atoms with van der Waals surface area (Å²) in [5.41, 5.74) is 2.32. The zero-order valence-corrected chi connectivity index (χ0v) is 11.1. The van der Waals surface area contributed by atoms with Gasteiger partial charge in [-0.05, 0) is 37.0 Å². The molecule has 0 aliphatic carbocycles. The van der Waals surface area contributed by atoms with E-state index in [0.29, 0.717) is 24.4 Å². The number of hydrogen-bond donors (Lipinski definition) is 0. The van der Waals surface area contributed by atoms with E-state index in [1.165, 1.54) is 5.56 Å². The molecule has 1 aromatic heterocycles. The van der Waals surface area contributed by atoms with E-state index in [0.717, 1.165) is 12.0 Å². The number of ether oxygens (including phenoxy) is 1. The van der Waals surface area contributed by atoms with Crippen LogP contribution in [-0.2, 0) is 0 Å². The predicted octanol–water partition coefficient (Wildman–Crippen LogP) is 4.25. The zero-order valence-electron chi connectivity index (χ0n) is 11.1. The standard InChI is InChI=1S/C15H19NO2/c1-4-11(3)12-6-8-13(9-7-12)15-16-10-14(18-15)17-5-2/h6-11H,4-5H2,1-3H3. The molecule has 18 heavy (non-hydrogen) atoms. The normalized spacial score (nSPS) is 12.4. The van der Waals surface area contributed by atoms with Crippen molar-refractivity contribution < 1.29 is 9.15 Å². The first-order chi connectivity index (χ1) is 8.74. The summed E-state index contributed by atoms with van der Waals surface area (Å²) in [6, 6.07) is 8.36. The third-order valence-corrected chi connectivity index (χ3v) is 3.11. The van der Waals surface area contributed by atoms with Crippen LogP contribution in [0.4, 0.5) is 0 Å². The van der Waals surface area contributed by atoms with Crippen LogP contribution in [0.25, 0.3) is 11.5 Å². The third-order valence-electron chi connectivity index (χ3n) is 3.11. The predicted molar refractivity (Wildman–Crippen MR) is 71.8 cm³/mol. The molecule has 96 valence electrons. The van der Waals surface area contributed by atoms with Gasteiger partial charge in [-0.25, -0.2) is 4.98 Å².